The molecule has 1 atom stereocenters. The van der Waals surface area contributed by atoms with Gasteiger partial charge in [-0.15, -0.1) is 11.6 Å². The molecule has 0 saturated carbocycles. The number of alkyl halides is 1. The van der Waals surface area contributed by atoms with E-state index in [2.05, 4.69) is 51.7 Å². The molecule has 15 heavy (non-hydrogen) atoms. The summed E-state index contributed by atoms with van der Waals surface area (Å²) in [6, 6.07) is 0. The van der Waals surface area contributed by atoms with E-state index in [1.165, 1.54) is 0 Å². The van der Waals surface area contributed by atoms with Gasteiger partial charge in [0.15, 0.2) is 0 Å². The maximum atomic E-state index is 6.14. The van der Waals surface area contributed by atoms with Gasteiger partial charge in [0.1, 0.15) is 0 Å². The Morgan fingerprint density at radius 3 is 2.53 bits per heavy atom. The van der Waals surface area contributed by atoms with E-state index in [0.29, 0.717) is 18.4 Å². The van der Waals surface area contributed by atoms with Crippen molar-refractivity contribution in [1.82, 2.24) is 9.97 Å². The van der Waals surface area contributed by atoms with Crippen LogP contribution in [0.15, 0.2) is 12.4 Å². The van der Waals surface area contributed by atoms with Gasteiger partial charge in [-0.2, -0.15) is 0 Å². The van der Waals surface area contributed by atoms with Crippen LogP contribution < -0.4 is 5.32 Å². The van der Waals surface area contributed by atoms with Crippen LogP contribution >= 0.6 is 34.2 Å². The molecular formula is C10H15ClIN3. The van der Waals surface area contributed by atoms with Crippen molar-refractivity contribution in [2.24, 2.45) is 5.92 Å². The van der Waals surface area contributed by atoms with Crippen LogP contribution in [0.2, 0.25) is 0 Å². The fourth-order valence-corrected chi connectivity index (χ4v) is 1.91. The quantitative estimate of drug-likeness (QED) is 0.661. The zero-order valence-corrected chi connectivity index (χ0v) is 11.8. The molecule has 0 aliphatic carbocycles. The maximum Gasteiger partial charge on any atom is 0.222 e. The first-order valence-corrected chi connectivity index (χ1v) is 6.45. The van der Waals surface area contributed by atoms with Crippen LogP contribution in [0.3, 0.4) is 0 Å². The third kappa shape index (κ3) is 5.51. The van der Waals surface area contributed by atoms with E-state index in [0.717, 1.165) is 9.99 Å². The van der Waals surface area contributed by atoms with Crippen LogP contribution in [0, 0.1) is 9.49 Å². The summed E-state index contributed by atoms with van der Waals surface area (Å²) in [5.74, 6) is 1.26. The molecule has 1 rings (SSSR count). The zero-order valence-electron chi connectivity index (χ0n) is 8.87. The largest absolute Gasteiger partial charge is 0.353 e. The number of aromatic nitrogens is 2. The van der Waals surface area contributed by atoms with Crippen molar-refractivity contribution in [1.29, 1.82) is 0 Å². The highest BCUT2D eigenvalue weighted by Crippen LogP contribution is 2.11. The molecule has 1 aromatic rings. The lowest BCUT2D eigenvalue weighted by Crippen LogP contribution is -2.17. The van der Waals surface area contributed by atoms with Gasteiger partial charge in [-0.1, -0.05) is 13.8 Å². The Morgan fingerprint density at radius 1 is 1.40 bits per heavy atom. The molecule has 0 aromatic carbocycles. The van der Waals surface area contributed by atoms with E-state index < -0.39 is 0 Å². The summed E-state index contributed by atoms with van der Waals surface area (Å²) in [6.45, 7) is 5.04. The van der Waals surface area contributed by atoms with Crippen molar-refractivity contribution in [2.75, 3.05) is 11.9 Å². The fourth-order valence-electron chi connectivity index (χ4n) is 1.20. The topological polar surface area (TPSA) is 37.8 Å². The predicted molar refractivity (Wildman–Crippen MR) is 72.3 cm³/mol. The second-order valence-corrected chi connectivity index (χ2v) is 5.70. The lowest BCUT2D eigenvalue weighted by molar-refractivity contribution is 0.571. The highest BCUT2D eigenvalue weighted by molar-refractivity contribution is 14.1. The number of nitrogens with zero attached hydrogens (tertiary/aromatic N) is 2. The van der Waals surface area contributed by atoms with E-state index in [1.54, 1.807) is 12.4 Å². The highest BCUT2D eigenvalue weighted by atomic mass is 127. The Hall–Kier alpha value is -0.100. The molecule has 3 nitrogen and oxygen atoms in total. The monoisotopic (exact) mass is 339 g/mol. The number of hydrogen-bond donors (Lipinski definition) is 1. The molecule has 0 aliphatic rings. The van der Waals surface area contributed by atoms with Crippen molar-refractivity contribution in [3.8, 4) is 0 Å². The minimum atomic E-state index is 0.132. The average Bonchev–Trinajstić information content (AvgIpc) is 2.16. The Kier molecular flexibility index (Phi) is 5.60. The van der Waals surface area contributed by atoms with Crippen molar-refractivity contribution < 1.29 is 0 Å². The van der Waals surface area contributed by atoms with Gasteiger partial charge in [0, 0.05) is 22.5 Å². The summed E-state index contributed by atoms with van der Waals surface area (Å²) in [7, 11) is 0. The van der Waals surface area contributed by atoms with Crippen molar-refractivity contribution in [2.45, 2.75) is 25.6 Å². The van der Waals surface area contributed by atoms with E-state index in [1.807, 2.05) is 0 Å². The third-order valence-electron chi connectivity index (χ3n) is 1.83. The molecule has 1 N–H and O–H groups in total. The van der Waals surface area contributed by atoms with Crippen LogP contribution in [-0.2, 0) is 0 Å². The molecule has 0 radical (unpaired) electrons. The maximum absolute atomic E-state index is 6.14. The van der Waals surface area contributed by atoms with Gasteiger partial charge in [-0.3, -0.25) is 0 Å². The van der Waals surface area contributed by atoms with Crippen LogP contribution in [-0.4, -0.2) is 21.9 Å². The number of nitrogens with one attached hydrogen (secondary N) is 1. The van der Waals surface area contributed by atoms with Crippen LogP contribution in [0.1, 0.15) is 20.3 Å². The Balaban J connectivity index is 2.33. The number of halogens is 2. The summed E-state index contributed by atoms with van der Waals surface area (Å²) >= 11 is 8.31. The summed E-state index contributed by atoms with van der Waals surface area (Å²) in [6.07, 6.45) is 4.56. The Morgan fingerprint density at radius 2 is 2.00 bits per heavy atom. The van der Waals surface area contributed by atoms with Gasteiger partial charge >= 0.3 is 0 Å². The minimum Gasteiger partial charge on any atom is -0.353 e. The van der Waals surface area contributed by atoms with E-state index >= 15 is 0 Å². The zero-order chi connectivity index (χ0) is 11.3. The van der Waals surface area contributed by atoms with Crippen molar-refractivity contribution in [3.63, 3.8) is 0 Å². The summed E-state index contributed by atoms with van der Waals surface area (Å²) in [4.78, 5) is 8.28. The van der Waals surface area contributed by atoms with Crippen LogP contribution in [0.25, 0.3) is 0 Å². The molecule has 0 spiro atoms. The van der Waals surface area contributed by atoms with Crippen molar-refractivity contribution >= 4 is 40.1 Å². The molecule has 1 aromatic heterocycles. The Bertz CT molecular complexity index is 289. The second kappa shape index (κ2) is 6.48. The fraction of sp³-hybridized carbons (Fsp3) is 0.600. The van der Waals surface area contributed by atoms with Crippen LogP contribution in [0.4, 0.5) is 5.95 Å². The number of rotatable bonds is 5. The normalized spacial score (nSPS) is 12.9. The van der Waals surface area contributed by atoms with Gasteiger partial charge in [-0.25, -0.2) is 9.97 Å². The summed E-state index contributed by atoms with van der Waals surface area (Å²) in [5.41, 5.74) is 0. The smallest absolute Gasteiger partial charge is 0.222 e. The van der Waals surface area contributed by atoms with E-state index in [9.17, 15) is 0 Å². The summed E-state index contributed by atoms with van der Waals surface area (Å²) in [5, 5.41) is 3.25. The first-order chi connectivity index (χ1) is 7.08. The SMILES string of the molecule is CC(C)CC(Cl)CNc1ncc(I)cn1. The molecule has 0 saturated heterocycles. The van der Waals surface area contributed by atoms with Crippen molar-refractivity contribution in [3.05, 3.63) is 16.0 Å². The minimum absolute atomic E-state index is 0.132. The van der Waals surface area contributed by atoms with E-state index in [4.69, 9.17) is 11.6 Å². The van der Waals surface area contributed by atoms with Gasteiger partial charge in [0.2, 0.25) is 5.95 Å². The Labute approximate surface area is 109 Å². The third-order valence-corrected chi connectivity index (χ3v) is 2.72. The van der Waals surface area contributed by atoms with Gasteiger partial charge < -0.3 is 5.32 Å². The van der Waals surface area contributed by atoms with E-state index in [-0.39, 0.29) is 5.38 Å². The second-order valence-electron chi connectivity index (χ2n) is 3.83. The molecule has 1 unspecified atom stereocenters. The van der Waals surface area contributed by atoms with Gasteiger partial charge in [-0.05, 0) is 34.9 Å². The van der Waals surface area contributed by atoms with Crippen LogP contribution in [0.5, 0.6) is 0 Å². The number of anilines is 1. The standard InChI is InChI=1S/C10H15ClIN3/c1-7(2)3-8(11)4-13-10-14-5-9(12)6-15-10/h5-8H,3-4H2,1-2H3,(H,13,14,15). The highest BCUT2D eigenvalue weighted by Gasteiger charge is 2.07. The summed E-state index contributed by atoms with van der Waals surface area (Å²) < 4.78 is 1.03. The molecule has 1 heterocycles. The average molecular weight is 340 g/mol. The van der Waals surface area contributed by atoms with Gasteiger partial charge in [0.05, 0.1) is 5.38 Å². The molecule has 0 fully saturated rings. The first kappa shape index (κ1) is 13.0. The lowest BCUT2D eigenvalue weighted by Gasteiger charge is -2.12. The molecule has 0 bridgehead atoms. The lowest BCUT2D eigenvalue weighted by atomic mass is 10.1. The number of hydrogen-bond acceptors (Lipinski definition) is 3. The predicted octanol–water partition coefficient (Wildman–Crippen LogP) is 3.15. The molecule has 0 aliphatic heterocycles. The molecule has 84 valence electrons. The van der Waals surface area contributed by atoms with Gasteiger partial charge in [0.25, 0.3) is 0 Å². The molecular weight excluding hydrogens is 324 g/mol. The molecule has 5 heteroatoms. The molecule has 0 amide bonds. The first-order valence-electron chi connectivity index (χ1n) is 4.93.